The fraction of sp³-hybridized carbons (Fsp3) is 0.462. The van der Waals surface area contributed by atoms with Crippen LogP contribution in [-0.2, 0) is 14.6 Å². The average molecular weight is 387 g/mol. The van der Waals surface area contributed by atoms with Crippen molar-refractivity contribution in [1.82, 2.24) is 0 Å². The maximum Gasteiger partial charge on any atom is 0.279 e. The smallest absolute Gasteiger partial charge is 0.279 e. The Kier molecular flexibility index (Phi) is 5.16. The number of anilines is 1. The first kappa shape index (κ1) is 17.7. The molecule has 9 heteroatoms. The molecule has 0 bridgehead atoms. The van der Waals surface area contributed by atoms with Gasteiger partial charge in [-0.3, -0.25) is 4.79 Å². The number of sulfone groups is 1. The van der Waals surface area contributed by atoms with Crippen molar-refractivity contribution < 1.29 is 17.9 Å². The lowest BCUT2D eigenvalue weighted by Gasteiger charge is -2.31. The van der Waals surface area contributed by atoms with Crippen LogP contribution >= 0.6 is 34.8 Å². The van der Waals surface area contributed by atoms with Crippen molar-refractivity contribution in [2.75, 3.05) is 23.5 Å². The summed E-state index contributed by atoms with van der Waals surface area (Å²) in [4.78, 5) is 13.7. The summed E-state index contributed by atoms with van der Waals surface area (Å²) in [6.45, 7) is 0. The van der Waals surface area contributed by atoms with Crippen molar-refractivity contribution in [2.24, 2.45) is 0 Å². The third kappa shape index (κ3) is 3.98. The number of hydrogen-bond donors (Lipinski definition) is 0. The maximum atomic E-state index is 12.4. The molecule has 122 valence electrons. The molecule has 1 amide bonds. The number of alkyl halides is 3. The van der Waals surface area contributed by atoms with Gasteiger partial charge in [0.2, 0.25) is 0 Å². The fourth-order valence-corrected chi connectivity index (χ4v) is 4.33. The summed E-state index contributed by atoms with van der Waals surface area (Å²) in [5.74, 6) is -0.308. The van der Waals surface area contributed by atoms with E-state index in [0.717, 1.165) is 0 Å². The van der Waals surface area contributed by atoms with Crippen molar-refractivity contribution in [3.63, 3.8) is 0 Å². The van der Waals surface area contributed by atoms with Gasteiger partial charge in [-0.2, -0.15) is 0 Å². The van der Waals surface area contributed by atoms with Gasteiger partial charge in [-0.15, -0.1) is 0 Å². The summed E-state index contributed by atoms with van der Waals surface area (Å²) in [7, 11) is -1.67. The Morgan fingerprint density at radius 2 is 1.86 bits per heavy atom. The van der Waals surface area contributed by atoms with Gasteiger partial charge in [0.25, 0.3) is 9.70 Å². The summed E-state index contributed by atoms with van der Waals surface area (Å²) in [6.07, 6.45) is 0.306. The van der Waals surface area contributed by atoms with Crippen LogP contribution in [0.3, 0.4) is 0 Å². The summed E-state index contributed by atoms with van der Waals surface area (Å²) >= 11 is 17.1. The molecule has 1 unspecified atom stereocenters. The molecule has 1 saturated heterocycles. The topological polar surface area (TPSA) is 63.7 Å². The Morgan fingerprint density at radius 1 is 1.27 bits per heavy atom. The van der Waals surface area contributed by atoms with Crippen LogP contribution in [-0.4, -0.2) is 42.8 Å². The van der Waals surface area contributed by atoms with Crippen LogP contribution < -0.4 is 9.64 Å². The van der Waals surface area contributed by atoms with Crippen molar-refractivity contribution in [3.05, 3.63) is 24.3 Å². The Hall–Kier alpha value is -0.690. The van der Waals surface area contributed by atoms with Gasteiger partial charge < -0.3 is 9.64 Å². The van der Waals surface area contributed by atoms with E-state index in [1.165, 1.54) is 12.0 Å². The van der Waals surface area contributed by atoms with E-state index in [1.807, 2.05) is 0 Å². The number of carbonyl (C=O) groups excluding carboxylic acids is 1. The molecule has 0 radical (unpaired) electrons. The lowest BCUT2D eigenvalue weighted by atomic mass is 10.1. The van der Waals surface area contributed by atoms with Crippen LogP contribution in [0.4, 0.5) is 5.69 Å². The fourth-order valence-electron chi connectivity index (χ4n) is 2.35. The molecular weight excluding hydrogens is 373 g/mol. The minimum atomic E-state index is -3.19. The number of methoxy groups -OCH3 is 1. The summed E-state index contributed by atoms with van der Waals surface area (Å²) < 4.78 is 26.3. The second-order valence-electron chi connectivity index (χ2n) is 4.93. The van der Waals surface area contributed by atoms with Gasteiger partial charge in [0, 0.05) is 5.69 Å². The van der Waals surface area contributed by atoms with Gasteiger partial charge >= 0.3 is 0 Å². The van der Waals surface area contributed by atoms with E-state index in [-0.39, 0.29) is 11.5 Å². The molecule has 0 aromatic heterocycles. The molecule has 1 aliphatic rings. The van der Waals surface area contributed by atoms with Gasteiger partial charge in [-0.1, -0.05) is 34.8 Å². The zero-order valence-corrected chi connectivity index (χ0v) is 14.7. The molecule has 1 fully saturated rings. The van der Waals surface area contributed by atoms with E-state index >= 15 is 0 Å². The molecule has 1 aromatic carbocycles. The lowest BCUT2D eigenvalue weighted by Crippen LogP contribution is -2.47. The highest BCUT2D eigenvalue weighted by Crippen LogP contribution is 2.34. The lowest BCUT2D eigenvalue weighted by molar-refractivity contribution is -0.118. The summed E-state index contributed by atoms with van der Waals surface area (Å²) in [5.41, 5.74) is 0.458. The van der Waals surface area contributed by atoms with Gasteiger partial charge in [0.1, 0.15) is 5.75 Å². The van der Waals surface area contributed by atoms with E-state index < -0.39 is 25.6 Å². The molecule has 0 N–H and O–H groups in total. The minimum Gasteiger partial charge on any atom is -0.497 e. The Bertz CT molecular complexity index is 655. The molecular formula is C13H14Cl3NO4S. The van der Waals surface area contributed by atoms with Gasteiger partial charge in [-0.05, 0) is 30.7 Å². The van der Waals surface area contributed by atoms with Crippen LogP contribution in [0.15, 0.2) is 24.3 Å². The van der Waals surface area contributed by atoms with E-state index in [4.69, 9.17) is 39.5 Å². The Morgan fingerprint density at radius 3 is 2.27 bits per heavy atom. The standard InChI is InChI=1S/C13H14Cl3NO4S/c1-21-11-4-2-9(3-5-11)17(12(18)13(14,15)16)10-6-7-22(19,20)8-10/h2-5,10H,6-8H2,1H3. The first-order chi connectivity index (χ1) is 10.1. The minimum absolute atomic E-state index is 0.0114. The second-order valence-corrected chi connectivity index (χ2v) is 9.44. The highest BCUT2D eigenvalue weighted by molar-refractivity contribution is 7.91. The van der Waals surface area contributed by atoms with Crippen molar-refractivity contribution >= 4 is 56.2 Å². The number of hydrogen-bond acceptors (Lipinski definition) is 4. The number of benzene rings is 1. The normalized spacial score (nSPS) is 20.6. The monoisotopic (exact) mass is 385 g/mol. The van der Waals surface area contributed by atoms with E-state index in [2.05, 4.69) is 0 Å². The highest BCUT2D eigenvalue weighted by atomic mass is 35.6. The first-order valence-electron chi connectivity index (χ1n) is 6.39. The van der Waals surface area contributed by atoms with Crippen LogP contribution in [0.1, 0.15) is 6.42 Å². The number of rotatable bonds is 3. The van der Waals surface area contributed by atoms with Crippen LogP contribution in [0, 0.1) is 0 Å². The van der Waals surface area contributed by atoms with Gasteiger partial charge in [-0.25, -0.2) is 8.42 Å². The molecule has 1 aliphatic heterocycles. The van der Waals surface area contributed by atoms with Gasteiger partial charge in [0.15, 0.2) is 9.84 Å². The molecule has 1 aromatic rings. The SMILES string of the molecule is COc1ccc(N(C(=O)C(Cl)(Cl)Cl)C2CCS(=O)(=O)C2)cc1. The molecule has 0 spiro atoms. The van der Waals surface area contributed by atoms with Gasteiger partial charge in [0.05, 0.1) is 24.7 Å². The number of halogens is 3. The molecule has 1 heterocycles. The van der Waals surface area contributed by atoms with E-state index in [1.54, 1.807) is 24.3 Å². The maximum absolute atomic E-state index is 12.4. The number of carbonyl (C=O) groups is 1. The third-order valence-corrected chi connectivity index (χ3v) is 5.62. The average Bonchev–Trinajstić information content (AvgIpc) is 2.79. The molecule has 2 rings (SSSR count). The molecule has 0 aliphatic carbocycles. The molecule has 1 atom stereocenters. The Labute approximate surface area is 144 Å². The van der Waals surface area contributed by atoms with Crippen molar-refractivity contribution in [2.45, 2.75) is 16.3 Å². The van der Waals surface area contributed by atoms with Crippen LogP contribution in [0.2, 0.25) is 0 Å². The van der Waals surface area contributed by atoms with Crippen LogP contribution in [0.25, 0.3) is 0 Å². The third-order valence-electron chi connectivity index (χ3n) is 3.39. The van der Waals surface area contributed by atoms with Crippen LogP contribution in [0.5, 0.6) is 5.75 Å². The molecule has 5 nitrogen and oxygen atoms in total. The largest absolute Gasteiger partial charge is 0.497 e. The number of nitrogens with zero attached hydrogens (tertiary/aromatic N) is 1. The van der Waals surface area contributed by atoms with E-state index in [0.29, 0.717) is 17.9 Å². The zero-order valence-electron chi connectivity index (χ0n) is 11.6. The number of amides is 1. The predicted molar refractivity (Wildman–Crippen MR) is 87.8 cm³/mol. The number of ether oxygens (including phenoxy) is 1. The van der Waals surface area contributed by atoms with Crippen molar-refractivity contribution in [1.29, 1.82) is 0 Å². The molecule has 0 saturated carbocycles. The van der Waals surface area contributed by atoms with Crippen molar-refractivity contribution in [3.8, 4) is 5.75 Å². The highest BCUT2D eigenvalue weighted by Gasteiger charge is 2.42. The molecule has 22 heavy (non-hydrogen) atoms. The second kappa shape index (κ2) is 6.43. The predicted octanol–water partition coefficient (Wildman–Crippen LogP) is 2.59. The Balaban J connectivity index is 2.39. The summed E-state index contributed by atoms with van der Waals surface area (Å²) in [6, 6.07) is 5.99. The summed E-state index contributed by atoms with van der Waals surface area (Å²) in [5, 5.41) is 0. The zero-order chi connectivity index (χ0) is 16.5. The van der Waals surface area contributed by atoms with E-state index in [9.17, 15) is 13.2 Å². The first-order valence-corrected chi connectivity index (χ1v) is 9.34. The quantitative estimate of drug-likeness (QED) is 0.749.